The van der Waals surface area contributed by atoms with Crippen molar-refractivity contribution in [3.63, 3.8) is 0 Å². The van der Waals surface area contributed by atoms with Crippen LogP contribution in [0, 0.1) is 0 Å². The number of carbonyl (C=O) groups excluding carboxylic acids is 1. The summed E-state index contributed by atoms with van der Waals surface area (Å²) in [5.74, 6) is -0.0138. The van der Waals surface area contributed by atoms with Crippen LogP contribution in [-0.4, -0.2) is 5.91 Å². The number of amides is 1. The number of benzene rings is 2. The zero-order valence-corrected chi connectivity index (χ0v) is 13.6. The van der Waals surface area contributed by atoms with Crippen molar-refractivity contribution >= 4 is 40.2 Å². The minimum atomic E-state index is -0.266. The SMILES string of the molecule is O=C1c2ccccc2NC(c2ccc(Cl)s2)N1c1ccccc1. The molecule has 0 fully saturated rings. The van der Waals surface area contributed by atoms with E-state index in [1.807, 2.05) is 66.7 Å². The maximum absolute atomic E-state index is 13.1. The molecule has 0 saturated carbocycles. The van der Waals surface area contributed by atoms with Gasteiger partial charge in [0, 0.05) is 16.3 Å². The smallest absolute Gasteiger partial charge is 0.262 e. The summed E-state index contributed by atoms with van der Waals surface area (Å²) < 4.78 is 0.709. The number of fused-ring (bicyclic) bond motifs is 1. The van der Waals surface area contributed by atoms with E-state index in [0.29, 0.717) is 9.90 Å². The number of nitrogens with zero attached hydrogens (tertiary/aromatic N) is 1. The molecule has 0 aliphatic carbocycles. The standard InChI is InChI=1S/C18H13ClN2OS/c19-16-11-10-15(23-16)17-20-14-9-5-4-8-13(14)18(22)21(17)12-6-2-1-3-7-12/h1-11,17,20H. The monoisotopic (exact) mass is 340 g/mol. The lowest BCUT2D eigenvalue weighted by Crippen LogP contribution is -2.42. The van der Waals surface area contributed by atoms with E-state index in [1.54, 1.807) is 4.90 Å². The summed E-state index contributed by atoms with van der Waals surface area (Å²) in [5.41, 5.74) is 2.38. The Morgan fingerprint density at radius 3 is 2.43 bits per heavy atom. The fourth-order valence-corrected chi connectivity index (χ4v) is 3.89. The summed E-state index contributed by atoms with van der Waals surface area (Å²) in [4.78, 5) is 15.8. The second-order valence-electron chi connectivity index (χ2n) is 5.25. The molecular weight excluding hydrogens is 328 g/mol. The fourth-order valence-electron chi connectivity index (χ4n) is 2.78. The second kappa shape index (κ2) is 5.72. The van der Waals surface area contributed by atoms with Crippen LogP contribution in [0.15, 0.2) is 66.7 Å². The number of halogens is 1. The van der Waals surface area contributed by atoms with Gasteiger partial charge in [-0.2, -0.15) is 0 Å². The maximum atomic E-state index is 13.1. The fraction of sp³-hybridized carbons (Fsp3) is 0.0556. The largest absolute Gasteiger partial charge is 0.360 e. The molecule has 5 heteroatoms. The summed E-state index contributed by atoms with van der Waals surface area (Å²) in [6, 6.07) is 21.1. The van der Waals surface area contributed by atoms with E-state index >= 15 is 0 Å². The van der Waals surface area contributed by atoms with Gasteiger partial charge >= 0.3 is 0 Å². The zero-order chi connectivity index (χ0) is 15.8. The summed E-state index contributed by atoms with van der Waals surface area (Å²) in [6.07, 6.45) is -0.266. The number of carbonyl (C=O) groups is 1. The lowest BCUT2D eigenvalue weighted by molar-refractivity contribution is 0.0975. The van der Waals surface area contributed by atoms with E-state index < -0.39 is 0 Å². The van der Waals surface area contributed by atoms with Crippen molar-refractivity contribution in [1.29, 1.82) is 0 Å². The second-order valence-corrected chi connectivity index (χ2v) is 6.99. The van der Waals surface area contributed by atoms with Gasteiger partial charge in [-0.25, -0.2) is 0 Å². The van der Waals surface area contributed by atoms with Gasteiger partial charge in [0.05, 0.1) is 9.90 Å². The summed E-state index contributed by atoms with van der Waals surface area (Å²) >= 11 is 7.58. The number of hydrogen-bond acceptors (Lipinski definition) is 3. The van der Waals surface area contributed by atoms with Crippen LogP contribution in [0.5, 0.6) is 0 Å². The first-order valence-corrected chi connectivity index (χ1v) is 8.43. The van der Waals surface area contributed by atoms with Gasteiger partial charge in [-0.3, -0.25) is 9.69 Å². The number of thiophene rings is 1. The Labute approximate surface area is 143 Å². The minimum Gasteiger partial charge on any atom is -0.360 e. The number of para-hydroxylation sites is 2. The van der Waals surface area contributed by atoms with E-state index in [0.717, 1.165) is 16.3 Å². The van der Waals surface area contributed by atoms with Crippen molar-refractivity contribution in [3.05, 3.63) is 81.5 Å². The summed E-state index contributed by atoms with van der Waals surface area (Å²) in [7, 11) is 0. The topological polar surface area (TPSA) is 32.3 Å². The average Bonchev–Trinajstić information content (AvgIpc) is 3.02. The highest BCUT2D eigenvalue weighted by Crippen LogP contribution is 2.39. The molecule has 1 amide bonds. The Bertz CT molecular complexity index is 862. The highest BCUT2D eigenvalue weighted by Gasteiger charge is 2.34. The quantitative estimate of drug-likeness (QED) is 0.697. The van der Waals surface area contributed by atoms with Crippen molar-refractivity contribution < 1.29 is 4.79 Å². The molecule has 1 atom stereocenters. The molecule has 3 aromatic rings. The molecule has 23 heavy (non-hydrogen) atoms. The van der Waals surface area contributed by atoms with Crippen molar-refractivity contribution in [3.8, 4) is 0 Å². The third kappa shape index (κ3) is 2.50. The van der Waals surface area contributed by atoms with Gasteiger partial charge in [0.2, 0.25) is 0 Å². The van der Waals surface area contributed by atoms with Gasteiger partial charge in [-0.05, 0) is 36.4 Å². The molecule has 1 unspecified atom stereocenters. The normalized spacial score (nSPS) is 16.8. The van der Waals surface area contributed by atoms with Crippen LogP contribution >= 0.6 is 22.9 Å². The number of hydrogen-bond donors (Lipinski definition) is 1. The van der Waals surface area contributed by atoms with Gasteiger partial charge in [-0.15, -0.1) is 11.3 Å². The molecule has 114 valence electrons. The van der Waals surface area contributed by atoms with Gasteiger partial charge in [0.15, 0.2) is 0 Å². The predicted molar refractivity (Wildman–Crippen MR) is 95.4 cm³/mol. The third-order valence-corrected chi connectivity index (χ3v) is 5.11. The Balaban J connectivity index is 1.86. The molecule has 1 N–H and O–H groups in total. The van der Waals surface area contributed by atoms with Crippen molar-refractivity contribution in [2.24, 2.45) is 0 Å². The van der Waals surface area contributed by atoms with Crippen LogP contribution in [0.2, 0.25) is 4.34 Å². The van der Waals surface area contributed by atoms with Gasteiger partial charge < -0.3 is 5.32 Å². The molecule has 0 bridgehead atoms. The summed E-state index contributed by atoms with van der Waals surface area (Å²) in [6.45, 7) is 0. The van der Waals surface area contributed by atoms with E-state index in [4.69, 9.17) is 11.6 Å². The molecule has 0 radical (unpaired) electrons. The molecule has 1 aliphatic heterocycles. The van der Waals surface area contributed by atoms with Crippen LogP contribution in [-0.2, 0) is 0 Å². The maximum Gasteiger partial charge on any atom is 0.262 e. The lowest BCUT2D eigenvalue weighted by atomic mass is 10.1. The van der Waals surface area contributed by atoms with E-state index in [-0.39, 0.29) is 12.1 Å². The summed E-state index contributed by atoms with van der Waals surface area (Å²) in [5, 5.41) is 3.46. The molecule has 0 spiro atoms. The first-order valence-electron chi connectivity index (χ1n) is 7.23. The molecular formula is C18H13ClN2OS. The van der Waals surface area contributed by atoms with Gasteiger partial charge in [-0.1, -0.05) is 41.9 Å². The van der Waals surface area contributed by atoms with Crippen LogP contribution in [0.4, 0.5) is 11.4 Å². The molecule has 3 nitrogen and oxygen atoms in total. The van der Waals surface area contributed by atoms with E-state index in [2.05, 4.69) is 5.32 Å². The number of anilines is 2. The van der Waals surface area contributed by atoms with E-state index in [9.17, 15) is 4.79 Å². The average molecular weight is 341 g/mol. The van der Waals surface area contributed by atoms with Crippen molar-refractivity contribution in [1.82, 2.24) is 0 Å². The number of nitrogens with one attached hydrogen (secondary N) is 1. The van der Waals surface area contributed by atoms with E-state index in [1.165, 1.54) is 11.3 Å². The van der Waals surface area contributed by atoms with Gasteiger partial charge in [0.1, 0.15) is 6.17 Å². The van der Waals surface area contributed by atoms with Crippen molar-refractivity contribution in [2.45, 2.75) is 6.17 Å². The van der Waals surface area contributed by atoms with Crippen molar-refractivity contribution in [2.75, 3.05) is 10.2 Å². The first kappa shape index (κ1) is 14.3. The Morgan fingerprint density at radius 1 is 0.957 bits per heavy atom. The third-order valence-electron chi connectivity index (χ3n) is 3.82. The Morgan fingerprint density at radius 2 is 1.70 bits per heavy atom. The zero-order valence-electron chi connectivity index (χ0n) is 12.1. The number of rotatable bonds is 2. The lowest BCUT2D eigenvalue weighted by Gasteiger charge is -2.37. The predicted octanol–water partition coefficient (Wildman–Crippen LogP) is 5.17. The Kier molecular flexibility index (Phi) is 3.56. The molecule has 0 saturated heterocycles. The first-order chi connectivity index (χ1) is 11.2. The van der Waals surface area contributed by atoms with Crippen LogP contribution in [0.3, 0.4) is 0 Å². The van der Waals surface area contributed by atoms with Crippen LogP contribution in [0.25, 0.3) is 0 Å². The molecule has 2 heterocycles. The molecule has 1 aliphatic rings. The molecule has 4 rings (SSSR count). The molecule has 2 aromatic carbocycles. The van der Waals surface area contributed by atoms with Crippen LogP contribution in [0.1, 0.15) is 21.4 Å². The highest BCUT2D eigenvalue weighted by atomic mass is 35.5. The highest BCUT2D eigenvalue weighted by molar-refractivity contribution is 7.16. The molecule has 1 aromatic heterocycles. The Hall–Kier alpha value is -2.30. The minimum absolute atomic E-state index is 0.0138. The van der Waals surface area contributed by atoms with Gasteiger partial charge in [0.25, 0.3) is 5.91 Å². The van der Waals surface area contributed by atoms with Crippen LogP contribution < -0.4 is 10.2 Å².